The number of methoxy groups -OCH3 is 4. The van der Waals surface area contributed by atoms with Crippen LogP contribution in [0.4, 0.5) is 0 Å². The van der Waals surface area contributed by atoms with Crippen LogP contribution < -0.4 is 18.9 Å². The minimum Gasteiger partial charge on any atom is -0.496 e. The molecule has 0 amide bonds. The first kappa shape index (κ1) is 27.5. The summed E-state index contributed by atoms with van der Waals surface area (Å²) in [5, 5.41) is 0. The molecular weight excluding hydrogens is 455 g/mol. The van der Waals surface area contributed by atoms with Crippen LogP contribution in [0.3, 0.4) is 0 Å². The van der Waals surface area contributed by atoms with Gasteiger partial charge in [-0.1, -0.05) is 39.8 Å². The number of rotatable bonds is 11. The Morgan fingerprint density at radius 1 is 0.765 bits per heavy atom. The summed E-state index contributed by atoms with van der Waals surface area (Å²) >= 11 is 0. The first-order valence-corrected chi connectivity index (χ1v) is 12.8. The zero-order valence-electron chi connectivity index (χ0n) is 21.3. The lowest BCUT2D eigenvalue weighted by molar-refractivity contribution is 0.102. The van der Waals surface area contributed by atoms with Gasteiger partial charge in [-0.15, -0.1) is 0 Å². The summed E-state index contributed by atoms with van der Waals surface area (Å²) in [5.41, 5.74) is -2.45. The average molecular weight is 491 g/mol. The van der Waals surface area contributed by atoms with E-state index in [9.17, 15) is 14.2 Å². The smallest absolute Gasteiger partial charge is 0.236 e. The van der Waals surface area contributed by atoms with E-state index >= 15 is 0 Å². The predicted octanol–water partition coefficient (Wildman–Crippen LogP) is 6.28. The van der Waals surface area contributed by atoms with E-state index in [1.807, 2.05) is 0 Å². The van der Waals surface area contributed by atoms with Gasteiger partial charge in [-0.2, -0.15) is 0 Å². The van der Waals surface area contributed by atoms with Crippen molar-refractivity contribution < 1.29 is 33.1 Å². The van der Waals surface area contributed by atoms with Crippen LogP contribution in [0.1, 0.15) is 61.3 Å². The van der Waals surface area contributed by atoms with Crippen molar-refractivity contribution in [3.05, 3.63) is 47.5 Å². The van der Waals surface area contributed by atoms with Crippen LogP contribution in [0.2, 0.25) is 0 Å². The lowest BCUT2D eigenvalue weighted by Crippen LogP contribution is -2.23. The van der Waals surface area contributed by atoms with Gasteiger partial charge in [0.05, 0.1) is 28.4 Å². The predicted molar refractivity (Wildman–Crippen MR) is 134 cm³/mol. The number of benzene rings is 2. The maximum atomic E-state index is 14.8. The quantitative estimate of drug-likeness (QED) is 0.343. The Bertz CT molecular complexity index is 969. The Hall–Kier alpha value is -2.79. The number of carbonyl (C=O) groups excluding carboxylic acids is 2. The molecule has 0 saturated heterocycles. The highest BCUT2D eigenvalue weighted by molar-refractivity contribution is 7.96. The molecular formula is C26H35O7P. The lowest BCUT2D eigenvalue weighted by atomic mass is 9.90. The van der Waals surface area contributed by atoms with E-state index in [2.05, 4.69) is 20.8 Å². The van der Waals surface area contributed by atoms with E-state index in [4.69, 9.17) is 18.9 Å². The SMILES string of the molecule is COc1cccc(OC)c1C(=O)P(=O)(C(=O)c1c(OC)cccc1OC)C(C)CCC(C)(C)C. The van der Waals surface area contributed by atoms with Gasteiger partial charge in [0.15, 0.2) is 0 Å². The highest BCUT2D eigenvalue weighted by Crippen LogP contribution is 2.61. The van der Waals surface area contributed by atoms with Gasteiger partial charge in [0.1, 0.15) is 34.1 Å². The second-order valence-electron chi connectivity index (χ2n) is 9.29. The first-order valence-electron chi connectivity index (χ1n) is 11.1. The second-order valence-corrected chi connectivity index (χ2v) is 12.3. The monoisotopic (exact) mass is 490 g/mol. The average Bonchev–Trinajstić information content (AvgIpc) is 2.83. The molecule has 7 nitrogen and oxygen atoms in total. The lowest BCUT2D eigenvalue weighted by Gasteiger charge is -2.27. The van der Waals surface area contributed by atoms with Crippen LogP contribution in [0, 0.1) is 5.41 Å². The van der Waals surface area contributed by atoms with Crippen molar-refractivity contribution in [2.75, 3.05) is 28.4 Å². The summed E-state index contributed by atoms with van der Waals surface area (Å²) in [6, 6.07) is 9.63. The summed E-state index contributed by atoms with van der Waals surface area (Å²) < 4.78 is 36.3. The summed E-state index contributed by atoms with van der Waals surface area (Å²) in [4.78, 5) is 28.2. The van der Waals surface area contributed by atoms with E-state index in [0.29, 0.717) is 12.8 Å². The molecule has 34 heavy (non-hydrogen) atoms. The fraction of sp³-hybridized carbons (Fsp3) is 0.462. The molecule has 2 aromatic rings. The largest absolute Gasteiger partial charge is 0.496 e. The van der Waals surface area contributed by atoms with Crippen LogP contribution in [0.15, 0.2) is 36.4 Å². The van der Waals surface area contributed by atoms with Gasteiger partial charge < -0.3 is 23.5 Å². The maximum absolute atomic E-state index is 14.8. The highest BCUT2D eigenvalue weighted by Gasteiger charge is 2.49. The molecule has 0 heterocycles. The van der Waals surface area contributed by atoms with Crippen molar-refractivity contribution in [3.8, 4) is 23.0 Å². The Kier molecular flexibility index (Phi) is 8.96. The number of hydrogen-bond donors (Lipinski definition) is 0. The zero-order valence-corrected chi connectivity index (χ0v) is 22.2. The van der Waals surface area contributed by atoms with Gasteiger partial charge in [-0.25, -0.2) is 0 Å². The molecule has 1 unspecified atom stereocenters. The molecule has 0 aliphatic carbocycles. The normalized spacial score (nSPS) is 12.6. The van der Waals surface area contributed by atoms with Gasteiger partial charge >= 0.3 is 0 Å². The molecule has 0 saturated carbocycles. The fourth-order valence-corrected chi connectivity index (χ4v) is 6.36. The van der Waals surface area contributed by atoms with Gasteiger partial charge in [-0.3, -0.25) is 9.59 Å². The molecule has 2 aromatic carbocycles. The van der Waals surface area contributed by atoms with Gasteiger partial charge in [0.25, 0.3) is 0 Å². The summed E-state index contributed by atoms with van der Waals surface area (Å²) in [6.45, 7) is 7.86. The summed E-state index contributed by atoms with van der Waals surface area (Å²) in [5.74, 6) is 0.750. The highest BCUT2D eigenvalue weighted by atomic mass is 31.2. The van der Waals surface area contributed by atoms with Crippen molar-refractivity contribution >= 4 is 18.2 Å². The zero-order chi connectivity index (χ0) is 25.7. The Labute approximate surface area is 202 Å². The molecule has 186 valence electrons. The van der Waals surface area contributed by atoms with E-state index in [0.717, 1.165) is 0 Å². The molecule has 0 bridgehead atoms. The molecule has 1 atom stereocenters. The number of ether oxygens (including phenoxy) is 4. The van der Waals surface area contributed by atoms with E-state index in [1.54, 1.807) is 43.3 Å². The van der Waals surface area contributed by atoms with Crippen molar-refractivity contribution in [1.82, 2.24) is 0 Å². The fourth-order valence-electron chi connectivity index (χ4n) is 3.77. The molecule has 2 rings (SSSR count). The van der Waals surface area contributed by atoms with Crippen molar-refractivity contribution in [3.63, 3.8) is 0 Å². The molecule has 0 fully saturated rings. The van der Waals surface area contributed by atoms with Crippen molar-refractivity contribution in [1.29, 1.82) is 0 Å². The van der Waals surface area contributed by atoms with Crippen LogP contribution in [0.5, 0.6) is 23.0 Å². The third kappa shape index (κ3) is 5.47. The van der Waals surface area contributed by atoms with Crippen LogP contribution in [0.25, 0.3) is 0 Å². The number of carbonyl (C=O) groups is 2. The van der Waals surface area contributed by atoms with Crippen molar-refractivity contribution in [2.24, 2.45) is 5.41 Å². The van der Waals surface area contributed by atoms with E-state index < -0.39 is 23.8 Å². The Morgan fingerprint density at radius 2 is 1.09 bits per heavy atom. The molecule has 0 aliphatic heterocycles. The third-order valence-corrected chi connectivity index (χ3v) is 8.97. The van der Waals surface area contributed by atoms with E-state index in [-0.39, 0.29) is 39.5 Å². The Balaban J connectivity index is 2.79. The van der Waals surface area contributed by atoms with Crippen molar-refractivity contribution in [2.45, 2.75) is 46.2 Å². The van der Waals surface area contributed by atoms with Gasteiger partial charge in [0.2, 0.25) is 18.2 Å². The number of hydrogen-bond acceptors (Lipinski definition) is 7. The first-order chi connectivity index (χ1) is 16.0. The molecule has 0 radical (unpaired) electrons. The third-order valence-electron chi connectivity index (χ3n) is 5.82. The van der Waals surface area contributed by atoms with Crippen LogP contribution in [-0.4, -0.2) is 45.1 Å². The Morgan fingerprint density at radius 3 is 1.35 bits per heavy atom. The van der Waals surface area contributed by atoms with E-state index in [1.165, 1.54) is 28.4 Å². The molecule has 0 aromatic heterocycles. The summed E-state index contributed by atoms with van der Waals surface area (Å²) in [6.07, 6.45) is 1.08. The topological polar surface area (TPSA) is 88.1 Å². The van der Waals surface area contributed by atoms with Crippen LogP contribution in [-0.2, 0) is 4.57 Å². The second kappa shape index (κ2) is 11.1. The molecule has 0 aliphatic rings. The minimum atomic E-state index is -4.28. The van der Waals surface area contributed by atoms with Gasteiger partial charge in [0, 0.05) is 5.66 Å². The van der Waals surface area contributed by atoms with Gasteiger partial charge in [-0.05, 0) is 42.5 Å². The van der Waals surface area contributed by atoms with Crippen LogP contribution >= 0.6 is 7.14 Å². The standard InChI is InChI=1S/C26H35O7P/c1-17(15-16-26(2,3)4)34(29,24(27)22-18(30-5)11-9-12-19(22)31-6)25(28)23-20(32-7)13-10-14-21(23)33-8/h9-14,17H,15-16H2,1-8H3. The summed E-state index contributed by atoms with van der Waals surface area (Å²) in [7, 11) is 1.35. The molecule has 0 N–H and O–H groups in total. The molecule has 8 heteroatoms. The molecule has 0 spiro atoms. The minimum absolute atomic E-state index is 0.0133. The maximum Gasteiger partial charge on any atom is 0.236 e.